The lowest BCUT2D eigenvalue weighted by Gasteiger charge is -2.31. The van der Waals surface area contributed by atoms with Crippen molar-refractivity contribution in [1.82, 2.24) is 15.0 Å². The summed E-state index contributed by atoms with van der Waals surface area (Å²) in [7, 11) is 0. The second-order valence-electron chi connectivity index (χ2n) is 9.25. The van der Waals surface area contributed by atoms with Gasteiger partial charge in [-0.1, -0.05) is 0 Å². The third-order valence-electron chi connectivity index (χ3n) is 6.89. The fraction of sp³-hybridized carbons (Fsp3) is 0.333. The molecule has 1 fully saturated rings. The minimum Gasteiger partial charge on any atom is -0.367 e. The predicted molar refractivity (Wildman–Crippen MR) is 133 cm³/mol. The van der Waals surface area contributed by atoms with Crippen LogP contribution in [-0.2, 0) is 0 Å². The van der Waals surface area contributed by atoms with Gasteiger partial charge in [-0.3, -0.25) is 4.98 Å². The summed E-state index contributed by atoms with van der Waals surface area (Å²) in [6, 6.07) is 14.6. The molecule has 0 radical (unpaired) electrons. The molecule has 1 unspecified atom stereocenters. The number of halogens is 2. The van der Waals surface area contributed by atoms with Crippen molar-refractivity contribution < 1.29 is 4.39 Å². The Morgan fingerprint density at radius 1 is 1.06 bits per heavy atom. The summed E-state index contributed by atoms with van der Waals surface area (Å²) >= 11 is 6.15. The van der Waals surface area contributed by atoms with Crippen LogP contribution < -0.4 is 5.32 Å². The van der Waals surface area contributed by atoms with E-state index in [2.05, 4.69) is 39.3 Å². The third-order valence-corrected chi connectivity index (χ3v) is 7.06. The molecule has 0 saturated heterocycles. The number of nitrogens with zero attached hydrogens (tertiary/aromatic N) is 4. The predicted octanol–water partition coefficient (Wildman–Crippen LogP) is 7.01. The van der Waals surface area contributed by atoms with Gasteiger partial charge in [0.2, 0.25) is 5.28 Å². The van der Waals surface area contributed by atoms with E-state index in [0.717, 1.165) is 48.4 Å². The molecule has 1 aliphatic rings. The monoisotopic (exact) mass is 473 g/mol. The zero-order chi connectivity index (χ0) is 23.7. The van der Waals surface area contributed by atoms with Crippen LogP contribution in [0.1, 0.15) is 56.1 Å². The Morgan fingerprint density at radius 3 is 2.68 bits per heavy atom. The lowest BCUT2D eigenvalue weighted by atomic mass is 9.76. The van der Waals surface area contributed by atoms with Gasteiger partial charge in [0.15, 0.2) is 0 Å². The van der Waals surface area contributed by atoms with Crippen LogP contribution in [0.25, 0.3) is 21.8 Å². The number of aromatic nitrogens is 3. The molecule has 2 aromatic carbocycles. The summed E-state index contributed by atoms with van der Waals surface area (Å²) in [6.45, 7) is 2.16. The van der Waals surface area contributed by atoms with Gasteiger partial charge in [-0.25, -0.2) is 14.4 Å². The Labute approximate surface area is 203 Å². The zero-order valence-electron chi connectivity index (χ0n) is 18.9. The van der Waals surface area contributed by atoms with Crippen molar-refractivity contribution >= 4 is 39.2 Å². The molecule has 1 saturated carbocycles. The molecule has 0 spiro atoms. The highest BCUT2D eigenvalue weighted by Gasteiger charge is 2.25. The Kier molecular flexibility index (Phi) is 6.30. The van der Waals surface area contributed by atoms with Crippen LogP contribution in [0.15, 0.2) is 48.7 Å². The summed E-state index contributed by atoms with van der Waals surface area (Å²) in [5.41, 5.74) is 3.28. The van der Waals surface area contributed by atoms with E-state index in [1.54, 1.807) is 24.3 Å². The van der Waals surface area contributed by atoms with E-state index in [1.165, 1.54) is 11.6 Å². The van der Waals surface area contributed by atoms with Gasteiger partial charge in [-0.15, -0.1) is 0 Å². The first-order valence-electron chi connectivity index (χ1n) is 11.7. The first-order valence-corrected chi connectivity index (χ1v) is 12.1. The van der Waals surface area contributed by atoms with Gasteiger partial charge >= 0.3 is 0 Å². The number of hydrogen-bond acceptors (Lipinski definition) is 5. The number of nitriles is 1. The summed E-state index contributed by atoms with van der Waals surface area (Å²) in [6.07, 6.45) is 7.31. The van der Waals surface area contributed by atoms with Crippen LogP contribution in [0.3, 0.4) is 0 Å². The first-order chi connectivity index (χ1) is 16.5. The van der Waals surface area contributed by atoms with Gasteiger partial charge in [0, 0.05) is 23.0 Å². The highest BCUT2D eigenvalue weighted by atomic mass is 35.5. The van der Waals surface area contributed by atoms with Gasteiger partial charge in [-0.05, 0) is 110 Å². The van der Waals surface area contributed by atoms with Gasteiger partial charge in [0.05, 0.1) is 22.7 Å². The van der Waals surface area contributed by atoms with Crippen LogP contribution in [0.2, 0.25) is 5.28 Å². The van der Waals surface area contributed by atoms with E-state index in [0.29, 0.717) is 28.7 Å². The Balaban J connectivity index is 1.25. The second kappa shape index (κ2) is 9.52. The van der Waals surface area contributed by atoms with Crippen molar-refractivity contribution in [2.75, 3.05) is 5.32 Å². The smallest absolute Gasteiger partial charge is 0.224 e. The standard InChI is InChI=1S/C27H25ClFN5/c1-16(32-26-22-8-4-18(15-30)13-25(22)33-27(28)34-26)12-17-2-5-19(6-3-17)21-10-11-31-24-9-7-20(29)14-23(21)24/h4,7-11,13-14,16-17,19H,2-3,5-6,12H2,1H3,(H,32,33,34)/t16?,17-,19-. The molecule has 172 valence electrons. The van der Waals surface area contributed by atoms with Crippen LogP contribution in [-0.4, -0.2) is 21.0 Å². The molecule has 5 rings (SSSR count). The Bertz CT molecular complexity index is 1390. The van der Waals surface area contributed by atoms with Crippen molar-refractivity contribution in [1.29, 1.82) is 5.26 Å². The molecule has 5 nitrogen and oxygen atoms in total. The molecule has 2 heterocycles. The second-order valence-corrected chi connectivity index (χ2v) is 9.58. The van der Waals surface area contributed by atoms with Crippen molar-refractivity contribution in [3.63, 3.8) is 0 Å². The number of hydrogen-bond donors (Lipinski definition) is 1. The van der Waals surface area contributed by atoms with E-state index in [4.69, 9.17) is 16.9 Å². The average molecular weight is 474 g/mol. The van der Waals surface area contributed by atoms with E-state index < -0.39 is 0 Å². The quantitative estimate of drug-likeness (QED) is 0.315. The van der Waals surface area contributed by atoms with Gasteiger partial charge in [-0.2, -0.15) is 5.26 Å². The largest absolute Gasteiger partial charge is 0.367 e. The molecule has 34 heavy (non-hydrogen) atoms. The normalized spacial score (nSPS) is 19.1. The van der Waals surface area contributed by atoms with Gasteiger partial charge < -0.3 is 5.32 Å². The number of benzene rings is 2. The number of pyridine rings is 1. The summed E-state index contributed by atoms with van der Waals surface area (Å²) < 4.78 is 13.9. The molecule has 1 N–H and O–H groups in total. The summed E-state index contributed by atoms with van der Waals surface area (Å²) in [4.78, 5) is 13.1. The molecule has 0 bridgehead atoms. The van der Waals surface area contributed by atoms with E-state index >= 15 is 0 Å². The maximum atomic E-state index is 13.9. The van der Waals surface area contributed by atoms with Crippen LogP contribution in [0.5, 0.6) is 0 Å². The summed E-state index contributed by atoms with van der Waals surface area (Å²) in [5.74, 6) is 1.53. The van der Waals surface area contributed by atoms with Crippen molar-refractivity contribution in [2.24, 2.45) is 5.92 Å². The fourth-order valence-corrected chi connectivity index (χ4v) is 5.45. The van der Waals surface area contributed by atoms with Crippen LogP contribution >= 0.6 is 11.6 Å². The molecule has 0 amide bonds. The van der Waals surface area contributed by atoms with E-state index in [1.807, 2.05) is 12.3 Å². The topological polar surface area (TPSA) is 74.5 Å². The van der Waals surface area contributed by atoms with Crippen molar-refractivity contribution in [3.8, 4) is 6.07 Å². The fourth-order valence-electron chi connectivity index (χ4n) is 5.28. The molecule has 1 aliphatic carbocycles. The maximum absolute atomic E-state index is 13.9. The third kappa shape index (κ3) is 4.67. The Morgan fingerprint density at radius 2 is 1.88 bits per heavy atom. The maximum Gasteiger partial charge on any atom is 0.224 e. The van der Waals surface area contributed by atoms with Crippen molar-refractivity contribution in [2.45, 2.75) is 51.0 Å². The van der Waals surface area contributed by atoms with Crippen LogP contribution in [0, 0.1) is 23.1 Å². The minimum atomic E-state index is -0.212. The average Bonchev–Trinajstić information content (AvgIpc) is 2.83. The minimum absolute atomic E-state index is 0.166. The molecular formula is C27H25ClFN5. The van der Waals surface area contributed by atoms with Gasteiger partial charge in [0.25, 0.3) is 0 Å². The lowest BCUT2D eigenvalue weighted by molar-refractivity contribution is 0.302. The molecule has 0 aliphatic heterocycles. The van der Waals surface area contributed by atoms with Crippen LogP contribution in [0.4, 0.5) is 10.2 Å². The van der Waals surface area contributed by atoms with Gasteiger partial charge in [0.1, 0.15) is 11.6 Å². The SMILES string of the molecule is CC(C[C@H]1CC[C@H](c2ccnc3ccc(F)cc32)CC1)Nc1nc(Cl)nc2cc(C#N)ccc12. The number of nitrogens with one attached hydrogen (secondary N) is 1. The van der Waals surface area contributed by atoms with E-state index in [9.17, 15) is 4.39 Å². The van der Waals surface area contributed by atoms with E-state index in [-0.39, 0.29) is 17.1 Å². The molecular weight excluding hydrogens is 449 g/mol. The van der Waals surface area contributed by atoms with Crippen molar-refractivity contribution in [3.05, 3.63) is 70.9 Å². The lowest BCUT2D eigenvalue weighted by Crippen LogP contribution is -2.23. The highest BCUT2D eigenvalue weighted by molar-refractivity contribution is 6.28. The Hall–Kier alpha value is -3.30. The number of fused-ring (bicyclic) bond motifs is 2. The number of anilines is 1. The molecule has 2 aromatic heterocycles. The summed E-state index contributed by atoms with van der Waals surface area (Å²) in [5, 5.41) is 14.6. The molecule has 4 aromatic rings. The molecule has 7 heteroatoms. The molecule has 1 atom stereocenters. The first kappa shape index (κ1) is 22.5. The zero-order valence-corrected chi connectivity index (χ0v) is 19.7. The highest BCUT2D eigenvalue weighted by Crippen LogP contribution is 2.40. The number of rotatable bonds is 5.